The number of carbonyl (C=O) groups excluding carboxylic acids is 1. The molecule has 0 bridgehead atoms. The summed E-state index contributed by atoms with van der Waals surface area (Å²) in [7, 11) is 0. The van der Waals surface area contributed by atoms with Gasteiger partial charge in [-0.05, 0) is 18.4 Å². The Morgan fingerprint density at radius 1 is 1.47 bits per heavy atom. The highest BCUT2D eigenvalue weighted by Crippen LogP contribution is 2.20. The van der Waals surface area contributed by atoms with Gasteiger partial charge in [-0.25, -0.2) is 0 Å². The summed E-state index contributed by atoms with van der Waals surface area (Å²) < 4.78 is 0. The van der Waals surface area contributed by atoms with E-state index in [2.05, 4.69) is 50.1 Å². The maximum atomic E-state index is 12.0. The van der Waals surface area contributed by atoms with Gasteiger partial charge in [-0.1, -0.05) is 34.6 Å². The van der Waals surface area contributed by atoms with Crippen LogP contribution >= 0.6 is 0 Å². The fourth-order valence-electron chi connectivity index (χ4n) is 1.83. The molecule has 1 heterocycles. The van der Waals surface area contributed by atoms with Crippen molar-refractivity contribution in [2.45, 2.75) is 52.5 Å². The lowest BCUT2D eigenvalue weighted by atomic mass is 9.92. The molecule has 0 aliphatic rings. The maximum Gasteiger partial charge on any atom is 0.272 e. The molecule has 0 fully saturated rings. The van der Waals surface area contributed by atoms with Gasteiger partial charge in [-0.3, -0.25) is 9.89 Å². The van der Waals surface area contributed by atoms with Crippen LogP contribution in [0.2, 0.25) is 0 Å². The van der Waals surface area contributed by atoms with Crippen molar-refractivity contribution in [3.8, 4) is 0 Å². The number of hydrogen-bond acceptors (Lipinski definition) is 3. The average Bonchev–Trinajstić information content (AvgIpc) is 2.76. The van der Waals surface area contributed by atoms with Gasteiger partial charge >= 0.3 is 0 Å². The molecule has 5 heteroatoms. The predicted octanol–water partition coefficient (Wildman–Crippen LogP) is 1.84. The van der Waals surface area contributed by atoms with Crippen molar-refractivity contribution in [1.82, 2.24) is 15.5 Å². The Kier molecular flexibility index (Phi) is 5.11. The number of nitrogens with one attached hydrogen (secondary N) is 2. The first-order chi connectivity index (χ1) is 8.74. The third-order valence-corrected chi connectivity index (χ3v) is 2.93. The van der Waals surface area contributed by atoms with Crippen LogP contribution in [0.4, 0.5) is 0 Å². The van der Waals surface area contributed by atoms with Gasteiger partial charge in [0, 0.05) is 11.1 Å². The molecule has 1 amide bonds. The third-order valence-electron chi connectivity index (χ3n) is 2.93. The number of nitrogens with zero attached hydrogens (tertiary/aromatic N) is 1. The van der Waals surface area contributed by atoms with Crippen LogP contribution < -0.4 is 5.32 Å². The molecule has 0 radical (unpaired) electrons. The van der Waals surface area contributed by atoms with E-state index in [1.807, 2.05) is 0 Å². The van der Waals surface area contributed by atoms with Crippen LogP contribution in [0.1, 0.15) is 57.2 Å². The molecule has 0 aliphatic carbocycles. The number of carbonyl (C=O) groups is 1. The van der Waals surface area contributed by atoms with Gasteiger partial charge in [0.1, 0.15) is 5.69 Å². The number of amides is 1. The van der Waals surface area contributed by atoms with E-state index in [4.69, 9.17) is 0 Å². The molecule has 1 rings (SSSR count). The van der Waals surface area contributed by atoms with E-state index in [0.29, 0.717) is 11.6 Å². The summed E-state index contributed by atoms with van der Waals surface area (Å²) in [6.45, 7) is 10.2. The Labute approximate surface area is 114 Å². The van der Waals surface area contributed by atoms with E-state index in [9.17, 15) is 9.90 Å². The van der Waals surface area contributed by atoms with E-state index in [-0.39, 0.29) is 24.0 Å². The fourth-order valence-corrected chi connectivity index (χ4v) is 1.83. The van der Waals surface area contributed by atoms with Crippen molar-refractivity contribution < 1.29 is 9.90 Å². The first kappa shape index (κ1) is 15.7. The van der Waals surface area contributed by atoms with Crippen molar-refractivity contribution in [1.29, 1.82) is 0 Å². The van der Waals surface area contributed by atoms with Gasteiger partial charge in [0.25, 0.3) is 5.91 Å². The number of aliphatic hydroxyl groups excluding tert-OH is 1. The van der Waals surface area contributed by atoms with Gasteiger partial charge in [0.2, 0.25) is 0 Å². The number of aliphatic hydroxyl groups is 1. The van der Waals surface area contributed by atoms with Crippen LogP contribution in [0.5, 0.6) is 0 Å². The number of hydrogen-bond donors (Lipinski definition) is 3. The number of aromatic nitrogens is 2. The minimum absolute atomic E-state index is 0.0551. The molecule has 1 aromatic heterocycles. The summed E-state index contributed by atoms with van der Waals surface area (Å²) in [5.41, 5.74) is 1.22. The Bertz CT molecular complexity index is 419. The van der Waals surface area contributed by atoms with Crippen LogP contribution in [0.15, 0.2) is 6.07 Å². The van der Waals surface area contributed by atoms with Crippen molar-refractivity contribution in [3.63, 3.8) is 0 Å². The molecule has 5 nitrogen and oxygen atoms in total. The fraction of sp³-hybridized carbons (Fsp3) is 0.714. The first-order valence-electron chi connectivity index (χ1n) is 6.71. The topological polar surface area (TPSA) is 78.0 Å². The van der Waals surface area contributed by atoms with E-state index in [1.54, 1.807) is 6.07 Å². The molecule has 19 heavy (non-hydrogen) atoms. The van der Waals surface area contributed by atoms with Gasteiger partial charge in [-0.2, -0.15) is 5.10 Å². The zero-order valence-corrected chi connectivity index (χ0v) is 12.4. The summed E-state index contributed by atoms with van der Waals surface area (Å²) in [5, 5.41) is 19.0. The van der Waals surface area contributed by atoms with E-state index >= 15 is 0 Å². The smallest absolute Gasteiger partial charge is 0.272 e. The highest BCUT2D eigenvalue weighted by Gasteiger charge is 2.21. The zero-order chi connectivity index (χ0) is 14.6. The Morgan fingerprint density at radius 3 is 2.53 bits per heavy atom. The SMILES string of the molecule is CC(C)CC(CO)NC(=O)c1cc(C(C)(C)C)[nH]n1. The normalized spacial score (nSPS) is 13.6. The summed E-state index contributed by atoms with van der Waals surface area (Å²) in [4.78, 5) is 12.0. The van der Waals surface area contributed by atoms with E-state index in [0.717, 1.165) is 12.1 Å². The van der Waals surface area contributed by atoms with E-state index < -0.39 is 0 Å². The van der Waals surface area contributed by atoms with Gasteiger partial charge < -0.3 is 10.4 Å². The summed E-state index contributed by atoms with van der Waals surface area (Å²) >= 11 is 0. The van der Waals surface area contributed by atoms with Crippen LogP contribution in [0.25, 0.3) is 0 Å². The van der Waals surface area contributed by atoms with E-state index in [1.165, 1.54) is 0 Å². The number of aromatic amines is 1. The van der Waals surface area contributed by atoms with Gasteiger partial charge in [0.15, 0.2) is 0 Å². The monoisotopic (exact) mass is 267 g/mol. The molecular formula is C14H25N3O2. The Morgan fingerprint density at radius 2 is 2.11 bits per heavy atom. The molecule has 1 atom stereocenters. The quantitative estimate of drug-likeness (QED) is 0.761. The first-order valence-corrected chi connectivity index (χ1v) is 6.71. The van der Waals surface area contributed by atoms with Crippen molar-refractivity contribution in [2.75, 3.05) is 6.61 Å². The minimum Gasteiger partial charge on any atom is -0.394 e. The minimum atomic E-state index is -0.244. The second-order valence-corrected chi connectivity index (χ2v) is 6.40. The molecule has 0 spiro atoms. The maximum absolute atomic E-state index is 12.0. The van der Waals surface area contributed by atoms with Crippen molar-refractivity contribution in [2.24, 2.45) is 5.92 Å². The highest BCUT2D eigenvalue weighted by molar-refractivity contribution is 5.92. The Hall–Kier alpha value is -1.36. The molecule has 0 saturated heterocycles. The standard InChI is InChI=1S/C14H25N3O2/c1-9(2)6-10(8-18)15-13(19)11-7-12(17-16-11)14(3,4)5/h7,9-10,18H,6,8H2,1-5H3,(H,15,19)(H,16,17). The third kappa shape index (κ3) is 4.67. The van der Waals surface area contributed by atoms with Crippen LogP contribution in [0, 0.1) is 5.92 Å². The lowest BCUT2D eigenvalue weighted by molar-refractivity contribution is 0.0903. The number of rotatable bonds is 5. The summed E-state index contributed by atoms with van der Waals surface area (Å²) in [6.07, 6.45) is 0.749. The molecule has 0 aliphatic heterocycles. The largest absolute Gasteiger partial charge is 0.394 e. The lowest BCUT2D eigenvalue weighted by Crippen LogP contribution is -2.38. The summed E-state index contributed by atoms with van der Waals surface area (Å²) in [5.74, 6) is 0.174. The molecule has 0 saturated carbocycles. The van der Waals surface area contributed by atoms with Crippen molar-refractivity contribution >= 4 is 5.91 Å². The molecule has 3 N–H and O–H groups in total. The van der Waals surface area contributed by atoms with Crippen LogP contribution in [-0.2, 0) is 5.41 Å². The average molecular weight is 267 g/mol. The van der Waals surface area contributed by atoms with Gasteiger partial charge in [-0.15, -0.1) is 0 Å². The molecule has 0 aromatic carbocycles. The lowest BCUT2D eigenvalue weighted by Gasteiger charge is -2.17. The van der Waals surface area contributed by atoms with Gasteiger partial charge in [0.05, 0.1) is 12.6 Å². The zero-order valence-electron chi connectivity index (χ0n) is 12.4. The second-order valence-electron chi connectivity index (χ2n) is 6.40. The summed E-state index contributed by atoms with van der Waals surface area (Å²) in [6, 6.07) is 1.54. The van der Waals surface area contributed by atoms with Crippen LogP contribution in [-0.4, -0.2) is 33.9 Å². The molecule has 1 aromatic rings. The van der Waals surface area contributed by atoms with Crippen molar-refractivity contribution in [3.05, 3.63) is 17.5 Å². The molecular weight excluding hydrogens is 242 g/mol. The highest BCUT2D eigenvalue weighted by atomic mass is 16.3. The second kappa shape index (κ2) is 6.19. The number of H-pyrrole nitrogens is 1. The Balaban J connectivity index is 2.70. The molecule has 1 unspecified atom stereocenters. The predicted molar refractivity (Wildman–Crippen MR) is 75.1 cm³/mol. The molecule has 108 valence electrons. The van der Waals surface area contributed by atoms with Crippen LogP contribution in [0.3, 0.4) is 0 Å².